The molecule has 0 saturated heterocycles. The number of carbonyl (C=O) groups excluding carboxylic acids is 1. The Kier molecular flexibility index (Phi) is 15.5. The van der Waals surface area contributed by atoms with Crippen molar-refractivity contribution in [2.45, 2.75) is 134 Å². The van der Waals surface area contributed by atoms with Gasteiger partial charge in [-0.25, -0.2) is 18.7 Å². The van der Waals surface area contributed by atoms with Gasteiger partial charge in [-0.3, -0.25) is 0 Å². The molecule has 0 spiro atoms. The highest BCUT2D eigenvalue weighted by Crippen LogP contribution is 2.42. The van der Waals surface area contributed by atoms with Crippen LogP contribution in [-0.2, 0) is 38.5 Å². The zero-order valence-corrected chi connectivity index (χ0v) is 35.7. The second-order valence-electron chi connectivity index (χ2n) is 17.3. The summed E-state index contributed by atoms with van der Waals surface area (Å²) in [6, 6.07) is 12.3. The molecule has 3 aromatic rings. The predicted molar refractivity (Wildman–Crippen MR) is 211 cm³/mol. The third-order valence-corrected chi connectivity index (χ3v) is 12.8. The first-order valence-corrected chi connectivity index (χ1v) is 23.9. The third-order valence-electron chi connectivity index (χ3n) is 9.48. The van der Waals surface area contributed by atoms with Gasteiger partial charge in [-0.1, -0.05) is 56.0 Å². The lowest BCUT2D eigenvalue weighted by molar-refractivity contribution is -0.265. The molecule has 320 valence electrons. The summed E-state index contributed by atoms with van der Waals surface area (Å²) < 4.78 is 117. The van der Waals surface area contributed by atoms with Crippen molar-refractivity contribution in [2.75, 3.05) is 19.8 Å². The lowest BCUT2D eigenvalue weighted by atomic mass is 10.0. The van der Waals surface area contributed by atoms with Crippen molar-refractivity contribution >= 4 is 36.2 Å². The normalized spacial score (nSPS) is 16.7. The number of imidazole rings is 1. The molecule has 1 saturated carbocycles. The fourth-order valence-electron chi connectivity index (χ4n) is 5.78. The first-order valence-electron chi connectivity index (χ1n) is 19.1. The molecule has 0 radical (unpaired) electrons. The Morgan fingerprint density at radius 1 is 1.00 bits per heavy atom. The van der Waals surface area contributed by atoms with E-state index < -0.39 is 79.0 Å². The zero-order chi connectivity index (χ0) is 42.4. The van der Waals surface area contributed by atoms with Crippen LogP contribution in [0.1, 0.15) is 82.9 Å². The number of nitrogens with one attached hydrogen (secondary N) is 3. The average Bonchev–Trinajstić information content (AvgIpc) is 3.86. The molecule has 1 aliphatic carbocycles. The van der Waals surface area contributed by atoms with Crippen molar-refractivity contribution in [1.82, 2.24) is 24.9 Å². The van der Waals surface area contributed by atoms with Crippen LogP contribution in [0.5, 0.6) is 0 Å². The van der Waals surface area contributed by atoms with Crippen LogP contribution >= 0.6 is 0 Å². The maximum atomic E-state index is 13.9. The molecular weight excluding hydrogens is 793 g/mol. The van der Waals surface area contributed by atoms with Crippen LogP contribution in [0.3, 0.4) is 0 Å². The van der Waals surface area contributed by atoms with Crippen molar-refractivity contribution in [3.63, 3.8) is 0 Å². The summed E-state index contributed by atoms with van der Waals surface area (Å²) >= 11 is 0. The highest BCUT2D eigenvalue weighted by atomic mass is 32.2. The van der Waals surface area contributed by atoms with Crippen LogP contribution in [0.15, 0.2) is 48.5 Å². The fraction of sp³-hybridized carbons (Fsp3) is 0.641. The highest BCUT2D eigenvalue weighted by molar-refractivity contribution is 7.84. The standard InChI is InChI=1S/C39H57F6N5O5SSi/c1-36(2,3)56(52)49-31(24-55-37(4,5)39(43,44)45)34-48-30-20-28(16-17-32(30)50(34)25-53-18-19-57(6,7)8)33(27-14-15-27)46-22-29(21-38(40,41)42)47-35(51)54-23-26-12-10-9-11-13-26/h9-13,16-17,20,27,29,31,33,46,49H,14-15,18-19,21-25H2,1-8H3,(H,47,51)/t29?,31-,33+,56+/m0/s1. The third kappa shape index (κ3) is 14.6. The van der Waals surface area contributed by atoms with E-state index in [0.717, 1.165) is 38.3 Å². The molecule has 1 aromatic heterocycles. The minimum Gasteiger partial charge on any atom is -0.445 e. The minimum absolute atomic E-state index is 0.00806. The number of aromatic nitrogens is 2. The largest absolute Gasteiger partial charge is 0.445 e. The summed E-state index contributed by atoms with van der Waals surface area (Å²) in [6.45, 7) is 13.3. The molecule has 4 rings (SSSR count). The maximum absolute atomic E-state index is 13.9. The van der Waals surface area contributed by atoms with E-state index in [-0.39, 0.29) is 31.6 Å². The van der Waals surface area contributed by atoms with Gasteiger partial charge in [0.05, 0.1) is 45.8 Å². The highest BCUT2D eigenvalue weighted by Gasteiger charge is 2.49. The first kappa shape index (κ1) is 46.7. The van der Waals surface area contributed by atoms with Gasteiger partial charge in [-0.15, -0.1) is 0 Å². The van der Waals surface area contributed by atoms with Crippen LogP contribution in [-0.4, -0.2) is 76.4 Å². The molecule has 0 bridgehead atoms. The Hall–Kier alpha value is -3.03. The van der Waals surface area contributed by atoms with Gasteiger partial charge < -0.3 is 29.4 Å². The van der Waals surface area contributed by atoms with Crippen LogP contribution in [0.4, 0.5) is 31.1 Å². The predicted octanol–water partition coefficient (Wildman–Crippen LogP) is 9.09. The molecule has 10 nitrogen and oxygen atoms in total. The van der Waals surface area contributed by atoms with Gasteiger partial charge in [0.15, 0.2) is 5.60 Å². The zero-order valence-electron chi connectivity index (χ0n) is 33.9. The summed E-state index contributed by atoms with van der Waals surface area (Å²) in [6.07, 6.45) is -9.84. The number of alkyl halides is 6. The number of benzene rings is 2. The molecule has 1 unspecified atom stereocenters. The van der Waals surface area contributed by atoms with Crippen LogP contribution in [0, 0.1) is 5.92 Å². The molecule has 2 aromatic carbocycles. The molecule has 0 aliphatic heterocycles. The Morgan fingerprint density at radius 2 is 1.67 bits per heavy atom. The van der Waals surface area contributed by atoms with Gasteiger partial charge in [-0.05, 0) is 82.7 Å². The summed E-state index contributed by atoms with van der Waals surface area (Å²) in [5, 5.41) is 5.62. The molecule has 1 amide bonds. The Balaban J connectivity index is 1.65. The van der Waals surface area contributed by atoms with Crippen LogP contribution in [0.25, 0.3) is 11.0 Å². The van der Waals surface area contributed by atoms with Crippen molar-refractivity contribution in [3.05, 3.63) is 65.5 Å². The number of fused-ring (bicyclic) bond motifs is 1. The van der Waals surface area contributed by atoms with Crippen molar-refractivity contribution in [1.29, 1.82) is 0 Å². The van der Waals surface area contributed by atoms with E-state index in [2.05, 4.69) is 35.0 Å². The van der Waals surface area contributed by atoms with Crippen molar-refractivity contribution in [3.8, 4) is 0 Å². The Labute approximate surface area is 334 Å². The van der Waals surface area contributed by atoms with Crippen LogP contribution < -0.4 is 15.4 Å². The number of ether oxygens (including phenoxy) is 3. The molecular formula is C39H57F6N5O5SSi. The summed E-state index contributed by atoms with van der Waals surface area (Å²) in [4.78, 5) is 17.5. The lowest BCUT2D eigenvalue weighted by Gasteiger charge is -2.31. The van der Waals surface area contributed by atoms with Crippen molar-refractivity contribution < 1.29 is 49.6 Å². The molecule has 3 N–H and O–H groups in total. The molecule has 1 heterocycles. The van der Waals surface area contributed by atoms with Gasteiger partial charge in [-0.2, -0.15) is 26.3 Å². The van der Waals surface area contributed by atoms with Crippen molar-refractivity contribution in [2.24, 2.45) is 5.92 Å². The van der Waals surface area contributed by atoms with E-state index >= 15 is 0 Å². The summed E-state index contributed by atoms with van der Waals surface area (Å²) in [5.74, 6) is 0.359. The van der Waals surface area contributed by atoms with Gasteiger partial charge in [0.25, 0.3) is 0 Å². The molecule has 57 heavy (non-hydrogen) atoms. The van der Waals surface area contributed by atoms with Gasteiger partial charge in [0, 0.05) is 27.3 Å². The second-order valence-corrected chi connectivity index (χ2v) is 24.9. The number of hydrogen-bond donors (Lipinski definition) is 3. The average molecular weight is 850 g/mol. The smallest absolute Gasteiger partial charge is 0.416 e. The fourth-order valence-corrected chi connectivity index (χ4v) is 7.32. The number of hydrogen-bond acceptors (Lipinski definition) is 7. The number of nitrogens with zero attached hydrogens (tertiary/aromatic N) is 2. The molecule has 1 aliphatic rings. The SMILES string of the molecule is CC(C)(C)[S@@](=O)N[C@@H](COC(C)(C)C(F)(F)F)c1nc2cc([C@H](NCC(CC(F)(F)F)NC(=O)OCc3ccccc3)C3CC3)ccc2n1COCC[Si](C)(C)C. The number of carbonyl (C=O) groups is 1. The van der Waals surface area contributed by atoms with Gasteiger partial charge >= 0.3 is 18.4 Å². The number of rotatable bonds is 20. The quantitative estimate of drug-likeness (QED) is 0.0591. The Morgan fingerprint density at radius 3 is 2.25 bits per heavy atom. The van der Waals surface area contributed by atoms with Crippen LogP contribution in [0.2, 0.25) is 25.7 Å². The Bertz CT molecular complexity index is 1790. The van der Waals surface area contributed by atoms with E-state index in [1.165, 1.54) is 0 Å². The monoisotopic (exact) mass is 849 g/mol. The number of alkyl carbamates (subject to hydrolysis) is 1. The summed E-state index contributed by atoms with van der Waals surface area (Å²) in [7, 11) is -3.21. The lowest BCUT2D eigenvalue weighted by Crippen LogP contribution is -2.45. The first-order chi connectivity index (χ1) is 26.3. The van der Waals surface area contributed by atoms with Gasteiger partial charge in [0.1, 0.15) is 25.2 Å². The summed E-state index contributed by atoms with van der Waals surface area (Å²) in [5.41, 5.74) is -0.0443. The van der Waals surface area contributed by atoms with Gasteiger partial charge in [0.2, 0.25) is 0 Å². The van der Waals surface area contributed by atoms with E-state index in [4.69, 9.17) is 19.2 Å². The molecule has 18 heteroatoms. The number of halogens is 6. The van der Waals surface area contributed by atoms with E-state index in [0.29, 0.717) is 23.2 Å². The topological polar surface area (TPSA) is 116 Å². The molecule has 4 atom stereocenters. The number of amides is 1. The second kappa shape index (κ2) is 18.9. The van der Waals surface area contributed by atoms with E-state index in [9.17, 15) is 35.3 Å². The van der Waals surface area contributed by atoms with E-state index in [1.54, 1.807) is 67.8 Å². The maximum Gasteiger partial charge on any atom is 0.416 e. The molecule has 1 fully saturated rings. The minimum atomic E-state index is -4.68. The van der Waals surface area contributed by atoms with E-state index in [1.807, 2.05) is 6.07 Å².